The smallest absolute Gasteiger partial charge is 0.493 e. The van der Waals surface area contributed by atoms with E-state index in [1.54, 1.807) is 10.9 Å². The largest absolute Gasteiger partial charge is 0.573 e. The molecule has 250 valence electrons. The van der Waals surface area contributed by atoms with Crippen LogP contribution in [-0.2, 0) is 27.8 Å². The molecule has 0 saturated carbocycles. The highest BCUT2D eigenvalue weighted by atomic mass is 32.2. The summed E-state index contributed by atoms with van der Waals surface area (Å²) >= 11 is 0. The number of nitrogens with one attached hydrogen (secondary N) is 1. The molecule has 2 atom stereocenters. The summed E-state index contributed by atoms with van der Waals surface area (Å²) in [7, 11) is -2.44. The number of alkyl halides is 3. The van der Waals surface area contributed by atoms with Gasteiger partial charge in [-0.05, 0) is 57.6 Å². The van der Waals surface area contributed by atoms with Gasteiger partial charge in [-0.1, -0.05) is 17.3 Å². The fourth-order valence-corrected chi connectivity index (χ4v) is 7.28. The molecule has 1 N–H and O–H groups in total. The molecule has 2 aromatic heterocycles. The molecule has 2 unspecified atom stereocenters. The minimum Gasteiger partial charge on any atom is -0.493 e. The Bertz CT molecular complexity index is 1950. The van der Waals surface area contributed by atoms with Crippen molar-refractivity contribution in [3.63, 3.8) is 0 Å². The normalized spacial score (nSPS) is 18.5. The SMILES string of the molecule is Cc1c(S(=O)(=O)N2C=CNC(=O)C2Cc2cn(C3CCOc4cc(CN(C)C(C)C)ccc43)nn2)oc2ccc(OC(F)(F)F)cc12. The first-order chi connectivity index (χ1) is 22.2. The first-order valence-electron chi connectivity index (χ1n) is 14.9. The van der Waals surface area contributed by atoms with E-state index in [2.05, 4.69) is 52.2 Å². The molecular formula is C31H33F3N6O6S. The van der Waals surface area contributed by atoms with E-state index in [1.165, 1.54) is 25.4 Å². The molecule has 4 heterocycles. The highest BCUT2D eigenvalue weighted by Gasteiger charge is 2.40. The third-order valence-corrected chi connectivity index (χ3v) is 10.1. The van der Waals surface area contributed by atoms with Gasteiger partial charge in [0.05, 0.1) is 18.3 Å². The van der Waals surface area contributed by atoms with Crippen molar-refractivity contribution in [3.05, 3.63) is 77.4 Å². The minimum absolute atomic E-state index is 0.0383. The number of carbonyl (C=O) groups is 1. The number of amides is 1. The summed E-state index contributed by atoms with van der Waals surface area (Å²) < 4.78 is 84.2. The topological polar surface area (TPSA) is 132 Å². The lowest BCUT2D eigenvalue weighted by Crippen LogP contribution is -2.50. The predicted octanol–water partition coefficient (Wildman–Crippen LogP) is 4.65. The van der Waals surface area contributed by atoms with E-state index in [-0.39, 0.29) is 29.0 Å². The van der Waals surface area contributed by atoms with Crippen molar-refractivity contribution in [2.45, 2.75) is 69.7 Å². The van der Waals surface area contributed by atoms with Crippen molar-refractivity contribution in [2.24, 2.45) is 0 Å². The summed E-state index contributed by atoms with van der Waals surface area (Å²) in [5, 5.41) is 10.7. The van der Waals surface area contributed by atoms with Crippen LogP contribution in [0.1, 0.15) is 48.7 Å². The van der Waals surface area contributed by atoms with Crippen LogP contribution in [0.4, 0.5) is 13.2 Å². The molecule has 47 heavy (non-hydrogen) atoms. The van der Waals surface area contributed by atoms with Gasteiger partial charge in [0.1, 0.15) is 23.1 Å². The van der Waals surface area contributed by atoms with Gasteiger partial charge in [-0.25, -0.2) is 4.68 Å². The molecule has 0 fully saturated rings. The van der Waals surface area contributed by atoms with Gasteiger partial charge in [0.2, 0.25) is 11.0 Å². The summed E-state index contributed by atoms with van der Waals surface area (Å²) in [6.45, 7) is 6.90. The average molecular weight is 675 g/mol. The van der Waals surface area contributed by atoms with E-state index in [0.717, 1.165) is 39.9 Å². The van der Waals surface area contributed by atoms with E-state index in [4.69, 9.17) is 9.15 Å². The van der Waals surface area contributed by atoms with Crippen LogP contribution in [0.3, 0.4) is 0 Å². The first-order valence-corrected chi connectivity index (χ1v) is 16.3. The van der Waals surface area contributed by atoms with Crippen molar-refractivity contribution in [1.29, 1.82) is 0 Å². The molecule has 0 radical (unpaired) electrons. The number of halogens is 3. The fourth-order valence-electron chi connectivity index (χ4n) is 5.67. The highest BCUT2D eigenvalue weighted by Crippen LogP contribution is 2.37. The summed E-state index contributed by atoms with van der Waals surface area (Å²) in [5.41, 5.74) is 2.53. The van der Waals surface area contributed by atoms with Gasteiger partial charge in [-0.2, -0.15) is 8.42 Å². The van der Waals surface area contributed by atoms with Gasteiger partial charge in [0.25, 0.3) is 10.0 Å². The van der Waals surface area contributed by atoms with Crippen LogP contribution in [0.25, 0.3) is 11.0 Å². The summed E-state index contributed by atoms with van der Waals surface area (Å²) in [4.78, 5) is 15.3. The Hall–Kier alpha value is -4.57. The third-order valence-electron chi connectivity index (χ3n) is 8.35. The molecule has 0 aliphatic carbocycles. The average Bonchev–Trinajstić information content (AvgIpc) is 3.61. The van der Waals surface area contributed by atoms with Crippen molar-refractivity contribution in [2.75, 3.05) is 13.7 Å². The van der Waals surface area contributed by atoms with E-state index >= 15 is 0 Å². The van der Waals surface area contributed by atoms with Gasteiger partial charge in [0.15, 0.2) is 0 Å². The van der Waals surface area contributed by atoms with E-state index in [0.29, 0.717) is 24.8 Å². The summed E-state index contributed by atoms with van der Waals surface area (Å²) in [6.07, 6.45) is -0.342. The number of benzene rings is 2. The maximum absolute atomic E-state index is 13.9. The second-order valence-corrected chi connectivity index (χ2v) is 13.6. The third kappa shape index (κ3) is 6.52. The number of aryl methyl sites for hydroxylation is 1. The molecule has 2 aliphatic heterocycles. The number of hydrogen-bond acceptors (Lipinski definition) is 9. The van der Waals surface area contributed by atoms with Gasteiger partial charge in [-0.15, -0.1) is 18.3 Å². The first kappa shape index (κ1) is 32.4. The molecule has 0 bridgehead atoms. The van der Waals surface area contributed by atoms with Crippen molar-refractivity contribution in [1.82, 2.24) is 29.5 Å². The quantitative estimate of drug-likeness (QED) is 0.270. The number of hydrogen-bond donors (Lipinski definition) is 1. The predicted molar refractivity (Wildman–Crippen MR) is 163 cm³/mol. The minimum atomic E-state index is -4.93. The second-order valence-electron chi connectivity index (χ2n) is 11.8. The Labute approximate surface area is 268 Å². The Morgan fingerprint density at radius 3 is 2.72 bits per heavy atom. The van der Waals surface area contributed by atoms with Gasteiger partial charge >= 0.3 is 6.36 Å². The van der Waals surface area contributed by atoms with Crippen molar-refractivity contribution < 1.29 is 40.3 Å². The molecule has 4 aromatic rings. The number of furan rings is 1. The number of rotatable bonds is 9. The zero-order chi connectivity index (χ0) is 33.7. The van der Waals surface area contributed by atoms with Crippen LogP contribution >= 0.6 is 0 Å². The standard InChI is InChI=1S/C31H33F3N6O6S/c1-18(2)38(4)16-20-5-7-23-25(9-12-44-28(23)13-20)39-17-21(36-37-39)14-26-29(41)35-10-11-40(26)47(42,43)30-19(3)24-15-22(46-31(32,33)34)6-8-27(24)45-30/h5-8,10-11,13,15,17-18,25-26H,9,12,14,16H2,1-4H3,(H,35,41). The number of nitrogens with zero attached hydrogens (tertiary/aromatic N) is 5. The zero-order valence-electron chi connectivity index (χ0n) is 26.0. The fraction of sp³-hybridized carbons (Fsp3) is 0.387. The van der Waals surface area contributed by atoms with Crippen LogP contribution in [0.15, 0.2) is 64.5 Å². The summed E-state index contributed by atoms with van der Waals surface area (Å²) in [5.74, 6) is -0.363. The van der Waals surface area contributed by atoms with Crippen LogP contribution < -0.4 is 14.8 Å². The lowest BCUT2D eigenvalue weighted by atomic mass is 9.98. The van der Waals surface area contributed by atoms with Crippen LogP contribution in [0.5, 0.6) is 11.5 Å². The lowest BCUT2D eigenvalue weighted by molar-refractivity contribution is -0.274. The number of ether oxygens (including phenoxy) is 2. The molecule has 16 heteroatoms. The van der Waals surface area contributed by atoms with Gasteiger partial charge < -0.3 is 19.2 Å². The molecular weight excluding hydrogens is 641 g/mol. The van der Waals surface area contributed by atoms with Crippen LogP contribution in [0.2, 0.25) is 0 Å². The maximum Gasteiger partial charge on any atom is 0.573 e. The van der Waals surface area contributed by atoms with Crippen LogP contribution in [0, 0.1) is 6.92 Å². The molecule has 0 saturated heterocycles. The van der Waals surface area contributed by atoms with E-state index in [9.17, 15) is 26.4 Å². The highest BCUT2D eigenvalue weighted by molar-refractivity contribution is 7.89. The van der Waals surface area contributed by atoms with E-state index in [1.807, 2.05) is 12.1 Å². The Morgan fingerprint density at radius 1 is 1.19 bits per heavy atom. The molecule has 2 aromatic carbocycles. The molecule has 6 rings (SSSR count). The number of carbonyl (C=O) groups excluding carboxylic acids is 1. The Kier molecular flexibility index (Phi) is 8.42. The van der Waals surface area contributed by atoms with Crippen molar-refractivity contribution in [3.8, 4) is 11.5 Å². The zero-order valence-corrected chi connectivity index (χ0v) is 26.8. The number of sulfonamides is 1. The van der Waals surface area contributed by atoms with Gasteiger partial charge in [0, 0.05) is 60.5 Å². The monoisotopic (exact) mass is 674 g/mol. The second kappa shape index (κ2) is 12.2. The van der Waals surface area contributed by atoms with E-state index < -0.39 is 39.2 Å². The lowest BCUT2D eigenvalue weighted by Gasteiger charge is -2.30. The van der Waals surface area contributed by atoms with Gasteiger partial charge in [-0.3, -0.25) is 14.0 Å². The number of fused-ring (bicyclic) bond motifs is 2. The maximum atomic E-state index is 13.9. The Balaban J connectivity index is 1.24. The molecule has 0 spiro atoms. The summed E-state index contributed by atoms with van der Waals surface area (Å²) in [6, 6.07) is 8.33. The molecule has 2 aliphatic rings. The van der Waals surface area contributed by atoms with Crippen LogP contribution in [-0.4, -0.2) is 70.6 Å². The molecule has 12 nitrogen and oxygen atoms in total. The molecule has 1 amide bonds. The number of aromatic nitrogens is 3. The van der Waals surface area contributed by atoms with Crippen molar-refractivity contribution >= 4 is 26.9 Å². The Morgan fingerprint density at radius 2 is 1.98 bits per heavy atom.